The summed E-state index contributed by atoms with van der Waals surface area (Å²) in [6, 6.07) is 20.7. The summed E-state index contributed by atoms with van der Waals surface area (Å²) in [5.74, 6) is -0.370. The normalized spacial score (nSPS) is 15.2. The second-order valence-electron chi connectivity index (χ2n) is 6.09. The highest BCUT2D eigenvalue weighted by Gasteiger charge is 2.33. The summed E-state index contributed by atoms with van der Waals surface area (Å²) < 4.78 is 14.9. The highest BCUT2D eigenvalue weighted by molar-refractivity contribution is 9.10. The maximum atomic E-state index is 14.1. The zero-order chi connectivity index (χ0) is 19.7. The molecule has 0 aliphatic carbocycles. The van der Waals surface area contributed by atoms with E-state index < -0.39 is 5.82 Å². The first-order valence-corrected chi connectivity index (χ1v) is 9.61. The van der Waals surface area contributed by atoms with E-state index in [-0.39, 0.29) is 11.6 Å². The number of amidine groups is 1. The van der Waals surface area contributed by atoms with Crippen LogP contribution >= 0.6 is 27.5 Å². The number of nitrogens with zero attached hydrogens (tertiary/aromatic N) is 2. The largest absolute Gasteiger partial charge is 0.282 e. The molecule has 0 saturated carbocycles. The lowest BCUT2D eigenvalue weighted by Gasteiger charge is -2.19. The first kappa shape index (κ1) is 18.6. The van der Waals surface area contributed by atoms with Crippen LogP contribution in [0.2, 0.25) is 5.02 Å². The molecule has 0 bridgehead atoms. The summed E-state index contributed by atoms with van der Waals surface area (Å²) in [5, 5.41) is 0.473. The van der Waals surface area contributed by atoms with Gasteiger partial charge in [0.2, 0.25) is 0 Å². The van der Waals surface area contributed by atoms with E-state index in [1.54, 1.807) is 36.4 Å². The van der Waals surface area contributed by atoms with Crippen molar-refractivity contribution in [1.82, 2.24) is 0 Å². The van der Waals surface area contributed by atoms with Crippen molar-refractivity contribution in [1.29, 1.82) is 0 Å². The Morgan fingerprint density at radius 3 is 2.50 bits per heavy atom. The van der Waals surface area contributed by atoms with Gasteiger partial charge < -0.3 is 0 Å². The minimum atomic E-state index is -0.418. The van der Waals surface area contributed by atoms with Gasteiger partial charge in [-0.25, -0.2) is 9.38 Å². The molecule has 1 amide bonds. The quantitative estimate of drug-likeness (QED) is 0.441. The second kappa shape index (κ2) is 7.70. The molecule has 0 radical (unpaired) electrons. The van der Waals surface area contributed by atoms with E-state index in [1.807, 2.05) is 30.3 Å². The summed E-state index contributed by atoms with van der Waals surface area (Å²) in [6.07, 6.45) is 1.45. The number of benzene rings is 3. The second-order valence-corrected chi connectivity index (χ2v) is 7.41. The summed E-state index contributed by atoms with van der Waals surface area (Å²) in [6.45, 7) is 0. The van der Waals surface area contributed by atoms with Crippen molar-refractivity contribution >= 4 is 51.0 Å². The molecule has 0 unspecified atom stereocenters. The fourth-order valence-corrected chi connectivity index (χ4v) is 3.54. The average molecular weight is 456 g/mol. The van der Waals surface area contributed by atoms with Crippen molar-refractivity contribution in [3.63, 3.8) is 0 Å². The number of hydrogen-bond acceptors (Lipinski definition) is 2. The zero-order valence-corrected chi connectivity index (χ0v) is 16.8. The van der Waals surface area contributed by atoms with Crippen LogP contribution in [-0.2, 0) is 4.79 Å². The molecule has 0 atom stereocenters. The van der Waals surface area contributed by atoms with E-state index in [4.69, 9.17) is 11.6 Å². The van der Waals surface area contributed by atoms with Crippen LogP contribution in [0.1, 0.15) is 11.1 Å². The third-order valence-electron chi connectivity index (χ3n) is 4.24. The van der Waals surface area contributed by atoms with Gasteiger partial charge in [-0.3, -0.25) is 9.69 Å². The Kier molecular flexibility index (Phi) is 5.11. The van der Waals surface area contributed by atoms with Crippen molar-refractivity contribution in [2.24, 2.45) is 4.99 Å². The van der Waals surface area contributed by atoms with Gasteiger partial charge in [0.15, 0.2) is 0 Å². The molecule has 0 fully saturated rings. The molecule has 3 aromatic rings. The average Bonchev–Trinajstić information content (AvgIpc) is 3.00. The molecular weight excluding hydrogens is 443 g/mol. The molecule has 0 spiro atoms. The van der Waals surface area contributed by atoms with Crippen LogP contribution in [0.5, 0.6) is 0 Å². The SMILES string of the molecule is O=C1/C(=C\c2ccccc2F)N=C(c2ccccc2Cl)N1c1cccc(Br)c1. The van der Waals surface area contributed by atoms with Crippen molar-refractivity contribution in [3.05, 3.63) is 105 Å². The number of halogens is 3. The number of amides is 1. The molecule has 1 heterocycles. The van der Waals surface area contributed by atoms with Crippen molar-refractivity contribution in [3.8, 4) is 0 Å². The predicted octanol–water partition coefficient (Wildman–Crippen LogP) is 6.08. The summed E-state index contributed by atoms with van der Waals surface area (Å²) >= 11 is 9.79. The smallest absolute Gasteiger partial charge is 0.266 e. The lowest BCUT2D eigenvalue weighted by Crippen LogP contribution is -2.32. The van der Waals surface area contributed by atoms with Crippen LogP contribution in [-0.4, -0.2) is 11.7 Å². The van der Waals surface area contributed by atoms with E-state index in [0.29, 0.717) is 27.7 Å². The van der Waals surface area contributed by atoms with Crippen LogP contribution in [0.25, 0.3) is 6.08 Å². The van der Waals surface area contributed by atoms with Crippen LogP contribution in [0.4, 0.5) is 10.1 Å². The lowest BCUT2D eigenvalue weighted by molar-refractivity contribution is -0.113. The number of anilines is 1. The van der Waals surface area contributed by atoms with Gasteiger partial charge in [0.1, 0.15) is 17.3 Å². The number of hydrogen-bond donors (Lipinski definition) is 0. The Hall–Kier alpha value is -2.76. The summed E-state index contributed by atoms with van der Waals surface area (Å²) in [7, 11) is 0. The summed E-state index contributed by atoms with van der Waals surface area (Å²) in [5.41, 5.74) is 1.69. The van der Waals surface area contributed by atoms with Gasteiger partial charge in [-0.1, -0.05) is 63.9 Å². The Morgan fingerprint density at radius 1 is 1.00 bits per heavy atom. The Balaban J connectivity index is 1.88. The fourth-order valence-electron chi connectivity index (χ4n) is 2.93. The first-order valence-electron chi connectivity index (χ1n) is 8.44. The molecule has 0 saturated heterocycles. The monoisotopic (exact) mass is 454 g/mol. The Bertz CT molecular complexity index is 1140. The maximum Gasteiger partial charge on any atom is 0.282 e. The molecule has 4 rings (SSSR count). The van der Waals surface area contributed by atoms with E-state index in [0.717, 1.165) is 4.47 Å². The van der Waals surface area contributed by atoms with Crippen LogP contribution in [0, 0.1) is 5.82 Å². The third kappa shape index (κ3) is 3.51. The predicted molar refractivity (Wildman–Crippen MR) is 114 cm³/mol. The standard InChI is InChI=1S/C22H13BrClFN2O/c23-15-7-5-8-16(13-15)27-21(17-9-2-3-10-18(17)24)26-20(22(27)28)12-14-6-1-4-11-19(14)25/h1-13H/b20-12+. The highest BCUT2D eigenvalue weighted by atomic mass is 79.9. The van der Waals surface area contributed by atoms with E-state index >= 15 is 0 Å². The molecule has 6 heteroatoms. The first-order chi connectivity index (χ1) is 13.5. The van der Waals surface area contributed by atoms with Crippen molar-refractivity contribution < 1.29 is 9.18 Å². The molecule has 3 aromatic carbocycles. The van der Waals surface area contributed by atoms with Gasteiger partial charge in [-0.05, 0) is 42.5 Å². The maximum absolute atomic E-state index is 14.1. The van der Waals surface area contributed by atoms with Gasteiger partial charge in [-0.2, -0.15) is 0 Å². The number of rotatable bonds is 3. The summed E-state index contributed by atoms with van der Waals surface area (Å²) in [4.78, 5) is 19.2. The molecule has 3 nitrogen and oxygen atoms in total. The number of carbonyl (C=O) groups is 1. The topological polar surface area (TPSA) is 32.7 Å². The third-order valence-corrected chi connectivity index (χ3v) is 5.06. The Labute approximate surface area is 174 Å². The molecule has 1 aliphatic heterocycles. The zero-order valence-electron chi connectivity index (χ0n) is 14.4. The molecule has 1 aliphatic rings. The highest BCUT2D eigenvalue weighted by Crippen LogP contribution is 2.31. The van der Waals surface area contributed by atoms with Gasteiger partial charge in [-0.15, -0.1) is 0 Å². The molecule has 0 aromatic heterocycles. The fraction of sp³-hybridized carbons (Fsp3) is 0. The van der Waals surface area contributed by atoms with Crippen LogP contribution in [0.15, 0.2) is 88.0 Å². The molecule has 0 N–H and O–H groups in total. The Morgan fingerprint density at radius 2 is 1.75 bits per heavy atom. The minimum absolute atomic E-state index is 0.139. The van der Waals surface area contributed by atoms with E-state index in [2.05, 4.69) is 20.9 Å². The van der Waals surface area contributed by atoms with Gasteiger partial charge in [0, 0.05) is 15.6 Å². The van der Waals surface area contributed by atoms with E-state index in [9.17, 15) is 9.18 Å². The number of carbonyl (C=O) groups excluding carboxylic acids is 1. The van der Waals surface area contributed by atoms with Gasteiger partial charge in [0.05, 0.1) is 10.7 Å². The van der Waals surface area contributed by atoms with Gasteiger partial charge in [0.25, 0.3) is 5.91 Å². The van der Waals surface area contributed by atoms with Gasteiger partial charge >= 0.3 is 0 Å². The molecule has 138 valence electrons. The molecule has 28 heavy (non-hydrogen) atoms. The van der Waals surface area contributed by atoms with Crippen molar-refractivity contribution in [2.45, 2.75) is 0 Å². The van der Waals surface area contributed by atoms with E-state index in [1.165, 1.54) is 17.0 Å². The van der Waals surface area contributed by atoms with Crippen LogP contribution < -0.4 is 4.90 Å². The minimum Gasteiger partial charge on any atom is -0.266 e. The number of aliphatic imine (C=N–C) groups is 1. The van der Waals surface area contributed by atoms with Crippen molar-refractivity contribution in [2.75, 3.05) is 4.90 Å². The van der Waals surface area contributed by atoms with Crippen LogP contribution in [0.3, 0.4) is 0 Å². The molecular formula is C22H13BrClFN2O. The lowest BCUT2D eigenvalue weighted by atomic mass is 10.1.